The van der Waals surface area contributed by atoms with Crippen LogP contribution in [0.25, 0.3) is 0 Å². The third-order valence-electron chi connectivity index (χ3n) is 12.4. The third kappa shape index (κ3) is 3.40. The van der Waals surface area contributed by atoms with Gasteiger partial charge in [-0.2, -0.15) is 0 Å². The van der Waals surface area contributed by atoms with Crippen molar-refractivity contribution in [2.45, 2.75) is 131 Å². The van der Waals surface area contributed by atoms with E-state index in [9.17, 15) is 10.2 Å². The molecular formula is C30H52O2. The molecule has 2 N–H and O–H groups in total. The van der Waals surface area contributed by atoms with Crippen LogP contribution in [0, 0.1) is 45.3 Å². The van der Waals surface area contributed by atoms with Crippen LogP contribution in [0.1, 0.15) is 120 Å². The molecule has 0 saturated heterocycles. The summed E-state index contributed by atoms with van der Waals surface area (Å²) in [6.07, 6.45) is 13.8. The van der Waals surface area contributed by atoms with Gasteiger partial charge in [-0.05, 0) is 130 Å². The van der Waals surface area contributed by atoms with E-state index in [1.54, 1.807) is 0 Å². The summed E-state index contributed by atoms with van der Waals surface area (Å²) in [5.41, 5.74) is 1.84. The van der Waals surface area contributed by atoms with Crippen LogP contribution in [0.2, 0.25) is 0 Å². The van der Waals surface area contributed by atoms with Gasteiger partial charge < -0.3 is 10.2 Å². The molecule has 2 nitrogen and oxygen atoms in total. The molecule has 0 aromatic heterocycles. The summed E-state index contributed by atoms with van der Waals surface area (Å²) in [4.78, 5) is 0. The van der Waals surface area contributed by atoms with Crippen molar-refractivity contribution in [2.75, 3.05) is 0 Å². The van der Waals surface area contributed by atoms with Crippen molar-refractivity contribution in [3.63, 3.8) is 0 Å². The van der Waals surface area contributed by atoms with Crippen LogP contribution in [0.5, 0.6) is 0 Å². The molecule has 4 saturated carbocycles. The summed E-state index contributed by atoms with van der Waals surface area (Å²) in [6, 6.07) is 0. The zero-order chi connectivity index (χ0) is 23.7. The van der Waals surface area contributed by atoms with E-state index in [2.05, 4.69) is 61.5 Å². The van der Waals surface area contributed by atoms with E-state index >= 15 is 0 Å². The number of hydrogen-bond donors (Lipinski definition) is 2. The van der Waals surface area contributed by atoms with E-state index in [1.807, 2.05) is 0 Å². The summed E-state index contributed by atoms with van der Waals surface area (Å²) < 4.78 is 0. The molecule has 184 valence electrons. The first kappa shape index (κ1) is 24.8. The minimum atomic E-state index is -0.560. The Balaban J connectivity index is 1.61. The van der Waals surface area contributed by atoms with Gasteiger partial charge in [0.05, 0.1) is 11.7 Å². The van der Waals surface area contributed by atoms with Crippen LogP contribution < -0.4 is 0 Å². The molecule has 0 spiro atoms. The van der Waals surface area contributed by atoms with Crippen LogP contribution >= 0.6 is 0 Å². The average Bonchev–Trinajstić information content (AvgIpc) is 3.04. The minimum Gasteiger partial charge on any atom is -0.393 e. The Bertz CT molecular complexity index is 746. The molecule has 2 heteroatoms. The van der Waals surface area contributed by atoms with Crippen LogP contribution in [0.4, 0.5) is 0 Å². The molecule has 0 aliphatic heterocycles. The maximum atomic E-state index is 11.6. The Kier molecular flexibility index (Phi) is 6.07. The number of aliphatic hydroxyl groups is 2. The Morgan fingerprint density at radius 1 is 0.875 bits per heavy atom. The van der Waals surface area contributed by atoms with E-state index in [0.29, 0.717) is 34.0 Å². The topological polar surface area (TPSA) is 40.5 Å². The Morgan fingerprint density at radius 3 is 2.19 bits per heavy atom. The van der Waals surface area contributed by atoms with Gasteiger partial charge in [0.15, 0.2) is 0 Å². The van der Waals surface area contributed by atoms with Gasteiger partial charge in [0.1, 0.15) is 0 Å². The molecule has 4 aliphatic rings. The fourth-order valence-electron chi connectivity index (χ4n) is 10.3. The molecule has 4 aliphatic carbocycles. The van der Waals surface area contributed by atoms with Gasteiger partial charge in [0.2, 0.25) is 0 Å². The van der Waals surface area contributed by atoms with E-state index in [-0.39, 0.29) is 11.5 Å². The second kappa shape index (κ2) is 7.84. The number of hydrogen-bond acceptors (Lipinski definition) is 2. The first-order chi connectivity index (χ1) is 14.7. The fraction of sp³-hybridized carbons (Fsp3) is 0.933. The molecule has 0 amide bonds. The van der Waals surface area contributed by atoms with E-state index < -0.39 is 5.60 Å². The van der Waals surface area contributed by atoms with E-state index in [1.165, 1.54) is 50.5 Å². The molecule has 32 heavy (non-hydrogen) atoms. The van der Waals surface area contributed by atoms with Crippen LogP contribution in [-0.4, -0.2) is 21.9 Å². The maximum Gasteiger partial charge on any atom is 0.0653 e. The summed E-state index contributed by atoms with van der Waals surface area (Å²) in [5, 5.41) is 22.5. The Hall–Kier alpha value is -0.340. The molecule has 9 atom stereocenters. The smallest absolute Gasteiger partial charge is 0.0653 e. The van der Waals surface area contributed by atoms with Crippen molar-refractivity contribution in [3.8, 4) is 0 Å². The molecule has 0 aromatic carbocycles. The molecule has 4 fully saturated rings. The lowest BCUT2D eigenvalue weighted by Crippen LogP contribution is -2.64. The molecule has 0 aromatic rings. The second-order valence-corrected chi connectivity index (χ2v) is 14.4. The van der Waals surface area contributed by atoms with Gasteiger partial charge in [0, 0.05) is 0 Å². The molecular weight excluding hydrogens is 392 g/mol. The Morgan fingerprint density at radius 2 is 1.53 bits per heavy atom. The van der Waals surface area contributed by atoms with Crippen molar-refractivity contribution >= 4 is 0 Å². The first-order valence-corrected chi connectivity index (χ1v) is 13.7. The van der Waals surface area contributed by atoms with Gasteiger partial charge in [-0.1, -0.05) is 46.3 Å². The molecule has 0 bridgehead atoms. The van der Waals surface area contributed by atoms with Crippen molar-refractivity contribution in [1.29, 1.82) is 0 Å². The molecule has 0 heterocycles. The first-order valence-electron chi connectivity index (χ1n) is 13.7. The van der Waals surface area contributed by atoms with Crippen molar-refractivity contribution < 1.29 is 10.2 Å². The Labute approximate surface area is 198 Å². The monoisotopic (exact) mass is 444 g/mol. The van der Waals surface area contributed by atoms with Crippen LogP contribution in [0.15, 0.2) is 11.6 Å². The SMILES string of the molecule is CC(C)=CCC[C@](C)(O)C1CC[C@]2(C)C1CC[C@@H]1[C@@]3(C)CC[C@H](O)C(C)(C)[C@@H]3CC[C@]12C. The van der Waals surface area contributed by atoms with Gasteiger partial charge in [-0.25, -0.2) is 0 Å². The van der Waals surface area contributed by atoms with Gasteiger partial charge in [-0.3, -0.25) is 0 Å². The molecule has 4 rings (SSSR count). The maximum absolute atomic E-state index is 11.6. The van der Waals surface area contributed by atoms with E-state index in [4.69, 9.17) is 0 Å². The molecule has 0 radical (unpaired) electrons. The number of rotatable bonds is 4. The highest BCUT2D eigenvalue weighted by molar-refractivity contribution is 5.18. The molecule has 2 unspecified atom stereocenters. The summed E-state index contributed by atoms with van der Waals surface area (Å²) in [6.45, 7) is 19.0. The minimum absolute atomic E-state index is 0.0267. The quantitative estimate of drug-likeness (QED) is 0.440. The van der Waals surface area contributed by atoms with E-state index in [0.717, 1.165) is 25.2 Å². The largest absolute Gasteiger partial charge is 0.393 e. The van der Waals surface area contributed by atoms with Crippen LogP contribution in [-0.2, 0) is 0 Å². The van der Waals surface area contributed by atoms with Crippen molar-refractivity contribution in [3.05, 3.63) is 11.6 Å². The number of aliphatic hydroxyl groups excluding tert-OH is 1. The number of allylic oxidation sites excluding steroid dienone is 2. The lowest BCUT2D eigenvalue weighted by Gasteiger charge is -2.70. The second-order valence-electron chi connectivity index (χ2n) is 14.4. The van der Waals surface area contributed by atoms with Gasteiger partial charge in [-0.15, -0.1) is 0 Å². The highest BCUT2D eigenvalue weighted by Gasteiger charge is 2.69. The summed E-state index contributed by atoms with van der Waals surface area (Å²) in [7, 11) is 0. The summed E-state index contributed by atoms with van der Waals surface area (Å²) >= 11 is 0. The average molecular weight is 445 g/mol. The zero-order valence-corrected chi connectivity index (χ0v) is 22.4. The normalized spacial score (nSPS) is 49.4. The van der Waals surface area contributed by atoms with Crippen LogP contribution in [0.3, 0.4) is 0 Å². The number of fused-ring (bicyclic) bond motifs is 5. The lowest BCUT2D eigenvalue weighted by molar-refractivity contribution is -0.225. The predicted molar refractivity (Wildman–Crippen MR) is 134 cm³/mol. The van der Waals surface area contributed by atoms with Crippen molar-refractivity contribution in [1.82, 2.24) is 0 Å². The highest BCUT2D eigenvalue weighted by atomic mass is 16.3. The fourth-order valence-corrected chi connectivity index (χ4v) is 10.3. The summed E-state index contributed by atoms with van der Waals surface area (Å²) in [5.74, 6) is 2.45. The van der Waals surface area contributed by atoms with Gasteiger partial charge >= 0.3 is 0 Å². The van der Waals surface area contributed by atoms with Gasteiger partial charge in [0.25, 0.3) is 0 Å². The third-order valence-corrected chi connectivity index (χ3v) is 12.4. The zero-order valence-electron chi connectivity index (χ0n) is 22.4. The van der Waals surface area contributed by atoms with Crippen molar-refractivity contribution in [2.24, 2.45) is 45.3 Å². The predicted octanol–water partition coefficient (Wildman–Crippen LogP) is 7.53. The highest BCUT2D eigenvalue weighted by Crippen LogP contribution is 2.75. The lowest BCUT2D eigenvalue weighted by atomic mass is 9.35. The standard InChI is InChI=1S/C30H52O2/c1-20(2)10-9-16-30(8,32)22-13-18-28(6)21(22)11-12-24-27(5)17-15-25(31)26(3,4)23(27)14-19-29(24,28)7/h10,21-25,31-32H,9,11-19H2,1-8H3/t21?,22?,23-,24+,25-,27-,28+,29+,30-/m0/s1.